The Kier molecular flexibility index (Phi) is 4.29. The van der Waals surface area contributed by atoms with Crippen molar-refractivity contribution in [2.24, 2.45) is 0 Å². The number of nitrogens with one attached hydrogen (secondary N) is 1. The summed E-state index contributed by atoms with van der Waals surface area (Å²) in [6, 6.07) is 5.80. The average Bonchev–Trinajstić information content (AvgIpc) is 2.86. The minimum Gasteiger partial charge on any atom is -0.392 e. The first kappa shape index (κ1) is 14.1. The molecule has 0 bridgehead atoms. The number of thiazole rings is 1. The van der Waals surface area contributed by atoms with E-state index in [2.05, 4.69) is 15.3 Å². The molecule has 0 aliphatic carbocycles. The van der Waals surface area contributed by atoms with E-state index in [1.165, 1.54) is 0 Å². The summed E-state index contributed by atoms with van der Waals surface area (Å²) in [6.07, 6.45) is 1.35. The molecule has 19 heavy (non-hydrogen) atoms. The van der Waals surface area contributed by atoms with E-state index in [0.717, 1.165) is 16.4 Å². The van der Waals surface area contributed by atoms with Crippen LogP contribution in [-0.2, 0) is 6.54 Å². The van der Waals surface area contributed by atoms with Crippen LogP contribution in [0.2, 0.25) is 0 Å². The third-order valence-electron chi connectivity index (χ3n) is 3.21. The van der Waals surface area contributed by atoms with E-state index >= 15 is 0 Å². The highest BCUT2D eigenvalue weighted by Crippen LogP contribution is 2.21. The monoisotopic (exact) mass is 277 g/mol. The van der Waals surface area contributed by atoms with Crippen LogP contribution in [0.5, 0.6) is 0 Å². The number of aliphatic hydroxyl groups excluding tert-OH is 1. The zero-order valence-electron chi connectivity index (χ0n) is 11.4. The van der Waals surface area contributed by atoms with Gasteiger partial charge in [-0.1, -0.05) is 6.07 Å². The van der Waals surface area contributed by atoms with Crippen molar-refractivity contribution >= 4 is 11.3 Å². The maximum Gasteiger partial charge on any atom is 0.142 e. The zero-order chi connectivity index (χ0) is 13.9. The van der Waals surface area contributed by atoms with Gasteiger partial charge in [0.05, 0.1) is 17.5 Å². The van der Waals surface area contributed by atoms with Crippen LogP contribution in [0, 0.1) is 0 Å². The van der Waals surface area contributed by atoms with Crippen LogP contribution in [0.1, 0.15) is 26.5 Å². The van der Waals surface area contributed by atoms with Gasteiger partial charge in [0.1, 0.15) is 5.01 Å². The molecule has 2 aromatic rings. The Morgan fingerprint density at radius 1 is 1.42 bits per heavy atom. The molecule has 0 saturated carbocycles. The lowest BCUT2D eigenvalue weighted by Gasteiger charge is -2.29. The molecule has 2 aromatic heterocycles. The highest BCUT2D eigenvalue weighted by molar-refractivity contribution is 7.13. The van der Waals surface area contributed by atoms with Crippen molar-refractivity contribution in [3.05, 3.63) is 35.5 Å². The Labute approximate surface area is 117 Å². The predicted molar refractivity (Wildman–Crippen MR) is 77.9 cm³/mol. The van der Waals surface area contributed by atoms with Gasteiger partial charge < -0.3 is 10.4 Å². The van der Waals surface area contributed by atoms with Crippen LogP contribution < -0.4 is 5.32 Å². The van der Waals surface area contributed by atoms with E-state index in [4.69, 9.17) is 0 Å². The number of nitrogens with zero attached hydrogens (tertiary/aromatic N) is 2. The fraction of sp³-hybridized carbons (Fsp3) is 0.429. The van der Waals surface area contributed by atoms with E-state index in [1.807, 2.05) is 37.4 Å². The van der Waals surface area contributed by atoms with Gasteiger partial charge in [0.25, 0.3) is 0 Å². The normalized spacial score (nSPS) is 13.5. The van der Waals surface area contributed by atoms with E-state index in [9.17, 15) is 5.11 Å². The standard InChI is InChI=1S/C14H19N3OS/c1-10(18)14(2,3)16-8-11-9-19-13(17-11)12-6-4-5-7-15-12/h4-7,9-10,16,18H,8H2,1-3H3. The second-order valence-corrected chi connectivity index (χ2v) is 5.97. The van der Waals surface area contributed by atoms with Crippen LogP contribution >= 0.6 is 11.3 Å². The number of hydrogen-bond donors (Lipinski definition) is 2. The summed E-state index contributed by atoms with van der Waals surface area (Å²) in [5.74, 6) is 0. The molecule has 4 nitrogen and oxygen atoms in total. The molecule has 0 aromatic carbocycles. The SMILES string of the molecule is CC(O)C(C)(C)NCc1csc(-c2ccccn2)n1. The summed E-state index contributed by atoms with van der Waals surface area (Å²) >= 11 is 1.59. The molecule has 1 unspecified atom stereocenters. The lowest BCUT2D eigenvalue weighted by molar-refractivity contribution is 0.0954. The van der Waals surface area contributed by atoms with Crippen LogP contribution in [0.4, 0.5) is 0 Å². The molecule has 0 aliphatic rings. The summed E-state index contributed by atoms with van der Waals surface area (Å²) in [5.41, 5.74) is 1.54. The molecule has 102 valence electrons. The number of hydrogen-bond acceptors (Lipinski definition) is 5. The van der Waals surface area contributed by atoms with E-state index in [0.29, 0.717) is 6.54 Å². The van der Waals surface area contributed by atoms with Crippen molar-refractivity contribution in [1.82, 2.24) is 15.3 Å². The summed E-state index contributed by atoms with van der Waals surface area (Å²) in [4.78, 5) is 8.84. The van der Waals surface area contributed by atoms with Crippen LogP contribution in [0.25, 0.3) is 10.7 Å². The fourth-order valence-electron chi connectivity index (χ4n) is 1.46. The van der Waals surface area contributed by atoms with E-state index in [1.54, 1.807) is 24.5 Å². The Morgan fingerprint density at radius 3 is 2.84 bits per heavy atom. The molecule has 0 amide bonds. The fourth-order valence-corrected chi connectivity index (χ4v) is 2.26. The molecule has 2 rings (SSSR count). The maximum atomic E-state index is 9.65. The largest absolute Gasteiger partial charge is 0.392 e. The average molecular weight is 277 g/mol. The first-order chi connectivity index (χ1) is 8.99. The van der Waals surface area contributed by atoms with Gasteiger partial charge in [-0.05, 0) is 32.9 Å². The summed E-state index contributed by atoms with van der Waals surface area (Å²) < 4.78 is 0. The van der Waals surface area contributed by atoms with Crippen LogP contribution in [-0.4, -0.2) is 26.7 Å². The highest BCUT2D eigenvalue weighted by atomic mass is 32.1. The first-order valence-corrected chi connectivity index (χ1v) is 7.16. The summed E-state index contributed by atoms with van der Waals surface area (Å²) in [6.45, 7) is 6.38. The first-order valence-electron chi connectivity index (χ1n) is 6.28. The van der Waals surface area contributed by atoms with Crippen molar-refractivity contribution in [2.45, 2.75) is 39.0 Å². The smallest absolute Gasteiger partial charge is 0.142 e. The second-order valence-electron chi connectivity index (χ2n) is 5.11. The molecule has 0 spiro atoms. The van der Waals surface area contributed by atoms with Gasteiger partial charge in [0.15, 0.2) is 0 Å². The Hall–Kier alpha value is -1.30. The lowest BCUT2D eigenvalue weighted by Crippen LogP contribution is -2.47. The Morgan fingerprint density at radius 2 is 2.21 bits per heavy atom. The minimum atomic E-state index is -0.415. The summed E-state index contributed by atoms with van der Waals surface area (Å²) in [7, 11) is 0. The van der Waals surface area contributed by atoms with Crippen molar-refractivity contribution < 1.29 is 5.11 Å². The number of pyridine rings is 1. The molecular weight excluding hydrogens is 258 g/mol. The van der Waals surface area contributed by atoms with Gasteiger partial charge >= 0.3 is 0 Å². The topological polar surface area (TPSA) is 58.0 Å². The maximum absolute atomic E-state index is 9.65. The number of rotatable bonds is 5. The molecular formula is C14H19N3OS. The van der Waals surface area contributed by atoms with Gasteiger partial charge in [0, 0.05) is 23.7 Å². The molecule has 0 radical (unpaired) electrons. The third-order valence-corrected chi connectivity index (χ3v) is 4.12. The van der Waals surface area contributed by atoms with Crippen molar-refractivity contribution in [1.29, 1.82) is 0 Å². The van der Waals surface area contributed by atoms with Crippen molar-refractivity contribution in [3.8, 4) is 10.7 Å². The quantitative estimate of drug-likeness (QED) is 0.881. The summed E-state index contributed by atoms with van der Waals surface area (Å²) in [5, 5.41) is 15.9. The molecule has 0 saturated heterocycles. The van der Waals surface area contributed by atoms with Gasteiger partial charge in [0.2, 0.25) is 0 Å². The molecule has 0 fully saturated rings. The van der Waals surface area contributed by atoms with E-state index in [-0.39, 0.29) is 5.54 Å². The van der Waals surface area contributed by atoms with Gasteiger partial charge in [-0.3, -0.25) is 4.98 Å². The van der Waals surface area contributed by atoms with Crippen molar-refractivity contribution in [3.63, 3.8) is 0 Å². The zero-order valence-corrected chi connectivity index (χ0v) is 12.2. The van der Waals surface area contributed by atoms with E-state index < -0.39 is 6.10 Å². The van der Waals surface area contributed by atoms with Gasteiger partial charge in [-0.15, -0.1) is 11.3 Å². The number of aliphatic hydroxyl groups is 1. The molecule has 5 heteroatoms. The number of aromatic nitrogens is 2. The third kappa shape index (κ3) is 3.59. The van der Waals surface area contributed by atoms with Crippen LogP contribution in [0.15, 0.2) is 29.8 Å². The Balaban J connectivity index is 2.03. The molecule has 2 N–H and O–H groups in total. The predicted octanol–water partition coefficient (Wildman–Crippen LogP) is 2.45. The van der Waals surface area contributed by atoms with Crippen molar-refractivity contribution in [2.75, 3.05) is 0 Å². The molecule has 2 heterocycles. The second kappa shape index (κ2) is 5.77. The molecule has 0 aliphatic heterocycles. The Bertz CT molecular complexity index is 522. The van der Waals surface area contributed by atoms with Gasteiger partial charge in [-0.25, -0.2) is 4.98 Å². The van der Waals surface area contributed by atoms with Crippen LogP contribution in [0.3, 0.4) is 0 Å². The van der Waals surface area contributed by atoms with Gasteiger partial charge in [-0.2, -0.15) is 0 Å². The minimum absolute atomic E-state index is 0.325. The highest BCUT2D eigenvalue weighted by Gasteiger charge is 2.23. The molecule has 1 atom stereocenters. The lowest BCUT2D eigenvalue weighted by atomic mass is 9.99.